The molecule has 1 N–H and O–H groups in total. The highest BCUT2D eigenvalue weighted by molar-refractivity contribution is 7.91. The van der Waals surface area contributed by atoms with Gasteiger partial charge in [0.2, 0.25) is 0 Å². The van der Waals surface area contributed by atoms with E-state index in [1.165, 1.54) is 44.9 Å². The van der Waals surface area contributed by atoms with Gasteiger partial charge in [-0.2, -0.15) is 0 Å². The van der Waals surface area contributed by atoms with E-state index in [-0.39, 0.29) is 5.25 Å². The minimum atomic E-state index is -2.87. The lowest BCUT2D eigenvalue weighted by molar-refractivity contribution is 0.139. The van der Waals surface area contributed by atoms with Crippen molar-refractivity contribution in [1.29, 1.82) is 0 Å². The molecule has 0 aromatic heterocycles. The van der Waals surface area contributed by atoms with Gasteiger partial charge in [0.05, 0.1) is 5.25 Å². The van der Waals surface area contributed by atoms with Gasteiger partial charge in [0.1, 0.15) is 9.84 Å². The van der Waals surface area contributed by atoms with E-state index in [1.54, 1.807) is 0 Å². The number of sulfone groups is 1. The third kappa shape index (κ3) is 4.42. The lowest BCUT2D eigenvalue weighted by Gasteiger charge is -2.38. The van der Waals surface area contributed by atoms with Gasteiger partial charge in [0.25, 0.3) is 0 Å². The molecule has 1 aliphatic heterocycles. The highest BCUT2D eigenvalue weighted by Gasteiger charge is 2.35. The average molecular weight is 314 g/mol. The molecule has 2 saturated carbocycles. The van der Waals surface area contributed by atoms with E-state index in [0.717, 1.165) is 38.3 Å². The van der Waals surface area contributed by atoms with Crippen LogP contribution in [0.25, 0.3) is 0 Å². The number of nitrogens with zero attached hydrogens (tertiary/aromatic N) is 1. The van der Waals surface area contributed by atoms with E-state index in [9.17, 15) is 8.42 Å². The molecule has 2 aliphatic carbocycles. The smallest absolute Gasteiger partial charge is 0.150 e. The van der Waals surface area contributed by atoms with Crippen molar-refractivity contribution in [3.63, 3.8) is 0 Å². The normalized spacial score (nSPS) is 34.5. The zero-order chi connectivity index (χ0) is 14.9. The van der Waals surface area contributed by atoms with Crippen LogP contribution >= 0.6 is 0 Å². The van der Waals surface area contributed by atoms with Crippen molar-refractivity contribution in [2.45, 2.75) is 68.7 Å². The molecule has 0 bridgehead atoms. The second-order valence-corrected chi connectivity index (χ2v) is 9.79. The molecule has 1 heterocycles. The molecular weight excluding hydrogens is 284 g/mol. The maximum absolute atomic E-state index is 11.9. The summed E-state index contributed by atoms with van der Waals surface area (Å²) in [5.41, 5.74) is 0. The SMILES string of the molecule is CS(=O)(=O)C1CCCC(N(CC2CC2)CC2CCCN2)C1. The third-order valence-electron chi connectivity index (χ3n) is 5.53. The molecule has 3 unspecified atom stereocenters. The molecule has 1 saturated heterocycles. The van der Waals surface area contributed by atoms with Crippen molar-refractivity contribution in [3.05, 3.63) is 0 Å². The van der Waals surface area contributed by atoms with Crippen LogP contribution in [0.1, 0.15) is 51.4 Å². The van der Waals surface area contributed by atoms with Gasteiger partial charge in [0, 0.05) is 31.4 Å². The quantitative estimate of drug-likeness (QED) is 0.812. The van der Waals surface area contributed by atoms with Crippen LogP contribution in [0, 0.1) is 5.92 Å². The molecule has 122 valence electrons. The number of rotatable bonds is 6. The summed E-state index contributed by atoms with van der Waals surface area (Å²) in [6, 6.07) is 1.11. The van der Waals surface area contributed by atoms with E-state index >= 15 is 0 Å². The Kier molecular flexibility index (Phi) is 4.91. The number of nitrogens with one attached hydrogen (secondary N) is 1. The Morgan fingerprint density at radius 3 is 2.48 bits per heavy atom. The molecule has 0 radical (unpaired) electrons. The molecule has 0 amide bonds. The maximum Gasteiger partial charge on any atom is 0.150 e. The Morgan fingerprint density at radius 2 is 1.86 bits per heavy atom. The summed E-state index contributed by atoms with van der Waals surface area (Å²) in [5.74, 6) is 0.880. The van der Waals surface area contributed by atoms with Crippen LogP contribution < -0.4 is 5.32 Å². The molecule has 5 heteroatoms. The lowest BCUT2D eigenvalue weighted by Crippen LogP contribution is -2.47. The fraction of sp³-hybridized carbons (Fsp3) is 1.00. The van der Waals surface area contributed by atoms with Crippen LogP contribution in [-0.4, -0.2) is 56.5 Å². The maximum atomic E-state index is 11.9. The number of hydrogen-bond acceptors (Lipinski definition) is 4. The van der Waals surface area contributed by atoms with Crippen LogP contribution in [0.4, 0.5) is 0 Å². The first kappa shape index (κ1) is 15.8. The fourth-order valence-corrected chi connectivity index (χ4v) is 5.21. The Hall–Kier alpha value is -0.130. The summed E-state index contributed by atoms with van der Waals surface area (Å²) in [6.45, 7) is 3.47. The van der Waals surface area contributed by atoms with E-state index in [1.807, 2.05) is 0 Å². The molecule has 0 spiro atoms. The molecular formula is C16H30N2O2S. The summed E-state index contributed by atoms with van der Waals surface area (Å²) in [4.78, 5) is 2.64. The zero-order valence-corrected chi connectivity index (χ0v) is 14.1. The standard InChI is InChI=1S/C16H30N2O2S/c1-21(19,20)16-6-2-5-15(10-16)18(11-13-7-8-13)12-14-4-3-9-17-14/h13-17H,2-12H2,1H3. The first-order chi connectivity index (χ1) is 10.0. The van der Waals surface area contributed by atoms with Crippen molar-refractivity contribution in [2.75, 3.05) is 25.9 Å². The summed E-state index contributed by atoms with van der Waals surface area (Å²) in [5, 5.41) is 3.50. The van der Waals surface area contributed by atoms with Crippen molar-refractivity contribution in [1.82, 2.24) is 10.2 Å². The summed E-state index contributed by atoms with van der Waals surface area (Å²) < 4.78 is 23.8. The van der Waals surface area contributed by atoms with Gasteiger partial charge in [-0.3, -0.25) is 4.90 Å². The minimum Gasteiger partial charge on any atom is -0.313 e. The molecule has 0 aromatic rings. The zero-order valence-electron chi connectivity index (χ0n) is 13.3. The van der Waals surface area contributed by atoms with Crippen molar-refractivity contribution < 1.29 is 8.42 Å². The van der Waals surface area contributed by atoms with E-state index in [4.69, 9.17) is 0 Å². The Balaban J connectivity index is 1.62. The van der Waals surface area contributed by atoms with Crippen LogP contribution in [0.5, 0.6) is 0 Å². The molecule has 3 aliphatic rings. The molecule has 0 aromatic carbocycles. The largest absolute Gasteiger partial charge is 0.313 e. The van der Waals surface area contributed by atoms with Gasteiger partial charge >= 0.3 is 0 Å². The van der Waals surface area contributed by atoms with E-state index in [2.05, 4.69) is 10.2 Å². The van der Waals surface area contributed by atoms with Crippen LogP contribution in [0.3, 0.4) is 0 Å². The topological polar surface area (TPSA) is 49.4 Å². The monoisotopic (exact) mass is 314 g/mol. The Bertz CT molecular complexity index is 441. The second kappa shape index (κ2) is 6.55. The summed E-state index contributed by atoms with van der Waals surface area (Å²) in [7, 11) is -2.87. The van der Waals surface area contributed by atoms with Crippen LogP contribution in [-0.2, 0) is 9.84 Å². The second-order valence-electron chi connectivity index (χ2n) is 7.46. The van der Waals surface area contributed by atoms with Gasteiger partial charge in [-0.1, -0.05) is 6.42 Å². The first-order valence-corrected chi connectivity index (χ1v) is 10.6. The van der Waals surface area contributed by atoms with Crippen molar-refractivity contribution >= 4 is 9.84 Å². The average Bonchev–Trinajstić information content (AvgIpc) is 3.11. The van der Waals surface area contributed by atoms with E-state index < -0.39 is 9.84 Å². The van der Waals surface area contributed by atoms with Gasteiger partial charge in [-0.25, -0.2) is 8.42 Å². The lowest BCUT2D eigenvalue weighted by atomic mass is 9.93. The number of hydrogen-bond donors (Lipinski definition) is 1. The molecule has 4 nitrogen and oxygen atoms in total. The first-order valence-electron chi connectivity index (χ1n) is 8.68. The van der Waals surface area contributed by atoms with Gasteiger partial charge in [-0.15, -0.1) is 0 Å². The predicted octanol–water partition coefficient (Wildman–Crippen LogP) is 1.81. The summed E-state index contributed by atoms with van der Waals surface area (Å²) >= 11 is 0. The fourth-order valence-electron chi connectivity index (χ4n) is 4.04. The van der Waals surface area contributed by atoms with Gasteiger partial charge in [-0.05, 0) is 57.4 Å². The van der Waals surface area contributed by atoms with Gasteiger partial charge < -0.3 is 5.32 Å². The van der Waals surface area contributed by atoms with Gasteiger partial charge in [0.15, 0.2) is 0 Å². The van der Waals surface area contributed by atoms with Crippen LogP contribution in [0.2, 0.25) is 0 Å². The molecule has 3 fully saturated rings. The third-order valence-corrected chi connectivity index (χ3v) is 7.17. The highest BCUT2D eigenvalue weighted by Crippen LogP contribution is 2.34. The Morgan fingerprint density at radius 1 is 1.05 bits per heavy atom. The van der Waals surface area contributed by atoms with E-state index in [0.29, 0.717) is 12.1 Å². The minimum absolute atomic E-state index is 0.102. The Labute approximate surface area is 129 Å². The van der Waals surface area contributed by atoms with Crippen molar-refractivity contribution in [2.24, 2.45) is 5.92 Å². The molecule has 3 atom stereocenters. The predicted molar refractivity (Wildman–Crippen MR) is 86.2 cm³/mol. The highest BCUT2D eigenvalue weighted by atomic mass is 32.2. The molecule has 21 heavy (non-hydrogen) atoms. The van der Waals surface area contributed by atoms with Crippen LogP contribution in [0.15, 0.2) is 0 Å². The molecule has 3 rings (SSSR count). The summed E-state index contributed by atoms with van der Waals surface area (Å²) in [6.07, 6.45) is 10.7. The van der Waals surface area contributed by atoms with Crippen molar-refractivity contribution in [3.8, 4) is 0 Å².